The first-order chi connectivity index (χ1) is 12.6. The van der Waals surface area contributed by atoms with E-state index in [-0.39, 0.29) is 55.3 Å². The van der Waals surface area contributed by atoms with Gasteiger partial charge in [0.05, 0.1) is 12.6 Å². The molecular formula is C19H24Cl2N4O3. The number of benzene rings is 2. The number of amides is 2. The summed E-state index contributed by atoms with van der Waals surface area (Å²) in [5.74, 6) is 1.10. The van der Waals surface area contributed by atoms with Crippen molar-refractivity contribution in [1.29, 1.82) is 0 Å². The zero-order valence-corrected chi connectivity index (χ0v) is 16.7. The molecule has 0 radical (unpaired) electrons. The maximum atomic E-state index is 12.3. The number of halogens is 2. The van der Waals surface area contributed by atoms with E-state index in [1.165, 1.54) is 0 Å². The van der Waals surface area contributed by atoms with Crippen molar-refractivity contribution >= 4 is 42.3 Å². The van der Waals surface area contributed by atoms with Gasteiger partial charge in [-0.05, 0) is 42.8 Å². The minimum Gasteiger partial charge on any atom is -0.457 e. The number of carbonyl (C=O) groups excluding carboxylic acids is 2. The summed E-state index contributed by atoms with van der Waals surface area (Å²) in [6.07, 6.45) is 0.534. The van der Waals surface area contributed by atoms with Crippen LogP contribution in [0.2, 0.25) is 0 Å². The molecule has 3 rings (SSSR count). The fourth-order valence-electron chi connectivity index (χ4n) is 2.79. The highest BCUT2D eigenvalue weighted by atomic mass is 35.5. The molecule has 0 bridgehead atoms. The Morgan fingerprint density at radius 2 is 1.68 bits per heavy atom. The number of rotatable bonds is 6. The first-order valence-electron chi connectivity index (χ1n) is 8.50. The van der Waals surface area contributed by atoms with Crippen molar-refractivity contribution in [2.45, 2.75) is 18.5 Å². The van der Waals surface area contributed by atoms with Crippen molar-refractivity contribution in [2.24, 2.45) is 5.73 Å². The average Bonchev–Trinajstić information content (AvgIpc) is 3.12. The number of anilines is 1. The van der Waals surface area contributed by atoms with Gasteiger partial charge in [-0.15, -0.1) is 24.8 Å². The Bertz CT molecular complexity index is 760. The van der Waals surface area contributed by atoms with E-state index in [2.05, 4.69) is 16.0 Å². The molecule has 28 heavy (non-hydrogen) atoms. The summed E-state index contributed by atoms with van der Waals surface area (Å²) in [5.41, 5.74) is 5.97. The predicted octanol–water partition coefficient (Wildman–Crippen LogP) is 2.07. The first-order valence-corrected chi connectivity index (χ1v) is 8.50. The third kappa shape index (κ3) is 6.69. The van der Waals surface area contributed by atoms with Gasteiger partial charge >= 0.3 is 0 Å². The van der Waals surface area contributed by atoms with Gasteiger partial charge in [-0.3, -0.25) is 9.59 Å². The number of hydrogen-bond donors (Lipinski definition) is 4. The van der Waals surface area contributed by atoms with Crippen LogP contribution in [-0.4, -0.2) is 37.0 Å². The van der Waals surface area contributed by atoms with E-state index >= 15 is 0 Å². The highest BCUT2D eigenvalue weighted by Crippen LogP contribution is 2.23. The molecule has 1 unspecified atom stereocenters. The fourth-order valence-corrected chi connectivity index (χ4v) is 2.79. The molecule has 2 aromatic rings. The Labute approximate surface area is 176 Å². The van der Waals surface area contributed by atoms with Crippen LogP contribution < -0.4 is 26.4 Å². The molecule has 1 heterocycles. The average molecular weight is 427 g/mol. The number of hydrogen-bond acceptors (Lipinski definition) is 5. The number of nitrogens with two attached hydrogens (primary N) is 1. The Hall–Kier alpha value is -2.32. The van der Waals surface area contributed by atoms with Crippen molar-refractivity contribution in [2.75, 3.05) is 18.4 Å². The van der Waals surface area contributed by atoms with E-state index in [0.717, 1.165) is 5.75 Å². The van der Waals surface area contributed by atoms with E-state index in [4.69, 9.17) is 10.5 Å². The quantitative estimate of drug-likeness (QED) is 0.565. The van der Waals surface area contributed by atoms with E-state index in [1.54, 1.807) is 24.3 Å². The summed E-state index contributed by atoms with van der Waals surface area (Å²) < 4.78 is 5.72. The molecule has 1 aliphatic heterocycles. The molecule has 0 aromatic heterocycles. The highest BCUT2D eigenvalue weighted by Gasteiger charge is 2.30. The van der Waals surface area contributed by atoms with Gasteiger partial charge in [-0.1, -0.05) is 18.2 Å². The van der Waals surface area contributed by atoms with Crippen LogP contribution in [0.3, 0.4) is 0 Å². The molecule has 2 aromatic carbocycles. The molecule has 7 nitrogen and oxygen atoms in total. The maximum Gasteiger partial charge on any atom is 0.241 e. The van der Waals surface area contributed by atoms with Crippen molar-refractivity contribution in [3.05, 3.63) is 54.6 Å². The second-order valence-corrected chi connectivity index (χ2v) is 6.09. The summed E-state index contributed by atoms with van der Waals surface area (Å²) in [6.45, 7) is 0.498. The molecule has 0 saturated carbocycles. The van der Waals surface area contributed by atoms with Crippen LogP contribution in [-0.2, 0) is 9.59 Å². The molecular weight excluding hydrogens is 403 g/mol. The molecule has 152 valence electrons. The minimum atomic E-state index is -0.349. The largest absolute Gasteiger partial charge is 0.457 e. The lowest BCUT2D eigenvalue weighted by Gasteiger charge is -2.13. The highest BCUT2D eigenvalue weighted by molar-refractivity contribution is 5.95. The van der Waals surface area contributed by atoms with Crippen LogP contribution in [0, 0.1) is 0 Å². The Morgan fingerprint density at radius 3 is 2.32 bits per heavy atom. The van der Waals surface area contributed by atoms with Gasteiger partial charge in [-0.2, -0.15) is 0 Å². The monoisotopic (exact) mass is 426 g/mol. The summed E-state index contributed by atoms with van der Waals surface area (Å²) >= 11 is 0. The topological polar surface area (TPSA) is 105 Å². The van der Waals surface area contributed by atoms with E-state index in [0.29, 0.717) is 24.4 Å². The lowest BCUT2D eigenvalue weighted by molar-refractivity contribution is -0.121. The number of para-hydroxylation sites is 1. The Balaban J connectivity index is 0.00000196. The molecule has 5 N–H and O–H groups in total. The molecule has 1 aliphatic rings. The lowest BCUT2D eigenvalue weighted by Crippen LogP contribution is -2.39. The zero-order chi connectivity index (χ0) is 18.4. The molecule has 2 amide bonds. The third-order valence-corrected chi connectivity index (χ3v) is 4.10. The van der Waals surface area contributed by atoms with Crippen LogP contribution in [0.25, 0.3) is 0 Å². The van der Waals surface area contributed by atoms with Crippen LogP contribution in [0.1, 0.15) is 6.42 Å². The van der Waals surface area contributed by atoms with Crippen LogP contribution >= 0.6 is 24.8 Å². The van der Waals surface area contributed by atoms with Crippen molar-refractivity contribution < 1.29 is 14.3 Å². The summed E-state index contributed by atoms with van der Waals surface area (Å²) in [5, 5.41) is 8.76. The Kier molecular flexibility index (Phi) is 9.75. The smallest absolute Gasteiger partial charge is 0.241 e. The van der Waals surface area contributed by atoms with E-state index < -0.39 is 0 Å². The predicted molar refractivity (Wildman–Crippen MR) is 113 cm³/mol. The van der Waals surface area contributed by atoms with Crippen LogP contribution in [0.5, 0.6) is 11.5 Å². The number of carbonyl (C=O) groups is 2. The number of ether oxygens (including phenoxy) is 1. The van der Waals surface area contributed by atoms with Crippen molar-refractivity contribution in [3.63, 3.8) is 0 Å². The summed E-state index contributed by atoms with van der Waals surface area (Å²) in [4.78, 5) is 23.7. The minimum absolute atomic E-state index is 0. The van der Waals surface area contributed by atoms with Gasteiger partial charge in [0, 0.05) is 18.3 Å². The molecule has 1 fully saturated rings. The normalized spacial score (nSPS) is 17.6. The van der Waals surface area contributed by atoms with Gasteiger partial charge in [0.1, 0.15) is 11.5 Å². The second-order valence-electron chi connectivity index (χ2n) is 6.09. The third-order valence-electron chi connectivity index (χ3n) is 4.10. The molecule has 2 atom stereocenters. The van der Waals surface area contributed by atoms with Crippen LogP contribution in [0.15, 0.2) is 54.6 Å². The second kappa shape index (κ2) is 11.5. The van der Waals surface area contributed by atoms with Gasteiger partial charge in [0.2, 0.25) is 11.8 Å². The molecule has 9 heteroatoms. The van der Waals surface area contributed by atoms with Gasteiger partial charge in [-0.25, -0.2) is 0 Å². The fraction of sp³-hybridized carbons (Fsp3) is 0.263. The van der Waals surface area contributed by atoms with Crippen LogP contribution in [0.4, 0.5) is 5.69 Å². The molecule has 0 spiro atoms. The van der Waals surface area contributed by atoms with Crippen molar-refractivity contribution in [1.82, 2.24) is 10.6 Å². The Morgan fingerprint density at radius 1 is 1.04 bits per heavy atom. The summed E-state index contributed by atoms with van der Waals surface area (Å²) in [7, 11) is 0. The van der Waals surface area contributed by atoms with Gasteiger partial charge in [0.25, 0.3) is 0 Å². The van der Waals surface area contributed by atoms with E-state index in [9.17, 15) is 9.59 Å². The van der Waals surface area contributed by atoms with Gasteiger partial charge in [0.15, 0.2) is 0 Å². The zero-order valence-electron chi connectivity index (χ0n) is 15.1. The lowest BCUT2D eigenvalue weighted by atomic mass is 10.1. The standard InChI is InChI=1S/C19H22N4O3.2ClH/c20-11-18(24)22-14-10-17(21-12-14)19(25)23-13-6-8-16(9-7-13)26-15-4-2-1-3-5-15;;/h1-9,14,17,21H,10-12,20H2,(H,22,24)(H,23,25);2*1H/t14?,17-;;/m0../s1. The van der Waals surface area contributed by atoms with Gasteiger partial charge < -0.3 is 26.4 Å². The maximum absolute atomic E-state index is 12.3. The SMILES string of the molecule is Cl.Cl.NCC(=O)NC1CN[C@H](C(=O)Nc2ccc(Oc3ccccc3)cc2)C1. The number of nitrogens with one attached hydrogen (secondary N) is 3. The molecule has 1 saturated heterocycles. The first kappa shape index (κ1) is 23.7. The van der Waals surface area contributed by atoms with E-state index in [1.807, 2.05) is 30.3 Å². The molecule has 0 aliphatic carbocycles. The summed E-state index contributed by atoms with van der Waals surface area (Å²) in [6, 6.07) is 16.2. The van der Waals surface area contributed by atoms with Crippen molar-refractivity contribution in [3.8, 4) is 11.5 Å².